The number of esters is 2. The molecule has 0 amide bonds. The molecule has 0 atom stereocenters. The normalized spacial score (nSPS) is 11.1. The second-order valence-electron chi connectivity index (χ2n) is 6.12. The first-order chi connectivity index (χ1) is 13.4. The number of hydrogen-bond donors (Lipinski definition) is 2. The van der Waals surface area contributed by atoms with Gasteiger partial charge < -0.3 is 19.9 Å². The van der Waals surface area contributed by atoms with E-state index in [0.717, 1.165) is 0 Å². The number of aromatic amines is 1. The Morgan fingerprint density at radius 3 is 2.36 bits per heavy atom. The Morgan fingerprint density at radius 2 is 1.79 bits per heavy atom. The number of anilines is 1. The van der Waals surface area contributed by atoms with E-state index >= 15 is 0 Å². The van der Waals surface area contributed by atoms with Crippen LogP contribution in [0.15, 0.2) is 11.1 Å². The second-order valence-corrected chi connectivity index (χ2v) is 6.12. The molecule has 0 unspecified atom stereocenters. The van der Waals surface area contributed by atoms with Crippen molar-refractivity contribution in [3.8, 4) is 0 Å². The lowest BCUT2D eigenvalue weighted by atomic mass is 10.3. The van der Waals surface area contributed by atoms with Crippen LogP contribution in [0.2, 0.25) is 0 Å². The lowest BCUT2D eigenvalue weighted by Gasteiger charge is -2.18. The monoisotopic (exact) mass is 395 g/mol. The molecule has 0 spiro atoms. The van der Waals surface area contributed by atoms with Crippen LogP contribution in [0.4, 0.5) is 5.95 Å². The average Bonchev–Trinajstić information content (AvgIpc) is 3.04. The molecule has 28 heavy (non-hydrogen) atoms. The summed E-state index contributed by atoms with van der Waals surface area (Å²) >= 11 is 0. The smallest absolute Gasteiger partial charge is 0.305 e. The zero-order valence-electron chi connectivity index (χ0n) is 16.0. The van der Waals surface area contributed by atoms with Crippen molar-refractivity contribution < 1.29 is 23.8 Å². The van der Waals surface area contributed by atoms with Crippen LogP contribution in [-0.2, 0) is 30.5 Å². The number of fused-ring (bicyclic) bond motifs is 1. The van der Waals surface area contributed by atoms with E-state index in [1.165, 1.54) is 10.9 Å². The molecule has 2 aromatic rings. The van der Waals surface area contributed by atoms with Crippen LogP contribution in [-0.4, -0.2) is 50.8 Å². The average molecular weight is 395 g/mol. The molecule has 3 N–H and O–H groups in total. The molecule has 2 aromatic heterocycles. The number of imidazole rings is 1. The van der Waals surface area contributed by atoms with Gasteiger partial charge in [-0.1, -0.05) is 13.8 Å². The third-order valence-electron chi connectivity index (χ3n) is 3.71. The second kappa shape index (κ2) is 10.4. The van der Waals surface area contributed by atoms with Gasteiger partial charge in [-0.3, -0.25) is 23.9 Å². The summed E-state index contributed by atoms with van der Waals surface area (Å²) in [7, 11) is 0. The summed E-state index contributed by atoms with van der Waals surface area (Å²) in [4.78, 5) is 45.4. The van der Waals surface area contributed by atoms with E-state index in [1.807, 2.05) is 13.8 Å². The van der Waals surface area contributed by atoms with Crippen molar-refractivity contribution in [2.24, 2.45) is 0 Å². The number of ether oxygens (including phenoxy) is 3. The minimum absolute atomic E-state index is 0.0437. The van der Waals surface area contributed by atoms with Gasteiger partial charge in [-0.05, 0) is 12.8 Å². The first-order valence-electron chi connectivity index (χ1n) is 9.08. The maximum atomic E-state index is 11.8. The molecule has 0 aliphatic heterocycles. The number of carbonyl (C=O) groups excluding carboxylic acids is 2. The number of H-pyrrole nitrogens is 1. The largest absolute Gasteiger partial charge is 0.463 e. The summed E-state index contributed by atoms with van der Waals surface area (Å²) in [5, 5.41) is 0. The Labute approximate surface area is 161 Å². The van der Waals surface area contributed by atoms with Gasteiger partial charge in [0.15, 0.2) is 11.2 Å². The van der Waals surface area contributed by atoms with Gasteiger partial charge in [-0.15, -0.1) is 0 Å². The molecule has 0 saturated carbocycles. The van der Waals surface area contributed by atoms with Crippen LogP contribution >= 0.6 is 0 Å². The molecule has 0 aliphatic carbocycles. The predicted molar refractivity (Wildman–Crippen MR) is 99.2 cm³/mol. The molecule has 0 fully saturated rings. The highest BCUT2D eigenvalue weighted by molar-refractivity contribution is 5.70. The van der Waals surface area contributed by atoms with Crippen molar-refractivity contribution >= 4 is 29.1 Å². The van der Waals surface area contributed by atoms with Crippen molar-refractivity contribution in [2.75, 3.05) is 18.9 Å². The number of nitrogen functional groups attached to an aromatic ring is 1. The fourth-order valence-electron chi connectivity index (χ4n) is 2.32. The van der Waals surface area contributed by atoms with Crippen molar-refractivity contribution in [3.63, 3.8) is 0 Å². The molecule has 0 radical (unpaired) electrons. The van der Waals surface area contributed by atoms with Crippen LogP contribution in [0.25, 0.3) is 11.2 Å². The zero-order chi connectivity index (χ0) is 20.5. The standard InChI is InChI=1S/C17H25N5O6/c1-3-5-12(23)26-7-11(8-27-13(24)6-4-2)28-10-22-9-19-14-15(22)20-17(18)21-16(14)25/h9,11H,3-8,10H2,1-2H3,(H3,18,20,21,25). The van der Waals surface area contributed by atoms with Crippen molar-refractivity contribution in [1.29, 1.82) is 0 Å². The fourth-order valence-corrected chi connectivity index (χ4v) is 2.32. The van der Waals surface area contributed by atoms with Gasteiger partial charge in [-0.2, -0.15) is 4.98 Å². The summed E-state index contributed by atoms with van der Waals surface area (Å²) in [6.45, 7) is 3.55. The Hall–Kier alpha value is -2.95. The topological polar surface area (TPSA) is 151 Å². The van der Waals surface area contributed by atoms with Crippen LogP contribution in [0.5, 0.6) is 0 Å². The predicted octanol–water partition coefficient (Wildman–Crippen LogP) is 0.731. The summed E-state index contributed by atoms with van der Waals surface area (Å²) in [6.07, 6.45) is 2.62. The highest BCUT2D eigenvalue weighted by Gasteiger charge is 2.17. The third kappa shape index (κ3) is 6.05. The minimum atomic E-state index is -0.682. The number of hydrogen-bond acceptors (Lipinski definition) is 9. The van der Waals surface area contributed by atoms with Gasteiger partial charge in [0.25, 0.3) is 5.56 Å². The van der Waals surface area contributed by atoms with E-state index in [2.05, 4.69) is 15.0 Å². The van der Waals surface area contributed by atoms with Gasteiger partial charge in [0.05, 0.1) is 6.33 Å². The van der Waals surface area contributed by atoms with Crippen molar-refractivity contribution in [2.45, 2.75) is 52.4 Å². The highest BCUT2D eigenvalue weighted by atomic mass is 16.6. The summed E-state index contributed by atoms with van der Waals surface area (Å²) in [6, 6.07) is 0. The van der Waals surface area contributed by atoms with Crippen molar-refractivity contribution in [3.05, 3.63) is 16.7 Å². The lowest BCUT2D eigenvalue weighted by Crippen LogP contribution is -2.29. The lowest BCUT2D eigenvalue weighted by molar-refractivity contribution is -0.157. The molecule has 11 nitrogen and oxygen atoms in total. The number of nitrogens with one attached hydrogen (secondary N) is 1. The van der Waals surface area contributed by atoms with Crippen molar-refractivity contribution in [1.82, 2.24) is 19.5 Å². The molecule has 154 valence electrons. The SMILES string of the molecule is CCCC(=O)OCC(COC(=O)CCC)OCn1cnc2c(=O)[nH]c(N)nc21. The van der Waals surface area contributed by atoms with Gasteiger partial charge in [0.1, 0.15) is 26.0 Å². The van der Waals surface area contributed by atoms with Crippen LogP contribution in [0.3, 0.4) is 0 Å². The minimum Gasteiger partial charge on any atom is -0.463 e. The van der Waals surface area contributed by atoms with E-state index in [9.17, 15) is 14.4 Å². The van der Waals surface area contributed by atoms with Gasteiger partial charge >= 0.3 is 11.9 Å². The molecular formula is C17H25N5O6. The molecule has 2 heterocycles. The summed E-state index contributed by atoms with van der Waals surface area (Å²) in [5.74, 6) is -0.757. The Kier molecular flexibility index (Phi) is 7.93. The maximum absolute atomic E-state index is 11.8. The number of nitrogens with zero attached hydrogens (tertiary/aromatic N) is 3. The maximum Gasteiger partial charge on any atom is 0.305 e. The quantitative estimate of drug-likeness (QED) is 0.524. The third-order valence-corrected chi connectivity index (χ3v) is 3.71. The van der Waals surface area contributed by atoms with Crippen LogP contribution in [0.1, 0.15) is 39.5 Å². The number of rotatable bonds is 11. The number of carbonyl (C=O) groups is 2. The molecule has 11 heteroatoms. The molecule has 0 aliphatic rings. The number of nitrogens with two attached hydrogens (primary N) is 1. The Morgan fingerprint density at radius 1 is 1.18 bits per heavy atom. The fraction of sp³-hybridized carbons (Fsp3) is 0.588. The molecular weight excluding hydrogens is 370 g/mol. The molecule has 0 saturated heterocycles. The molecule has 0 aromatic carbocycles. The highest BCUT2D eigenvalue weighted by Crippen LogP contribution is 2.08. The van der Waals surface area contributed by atoms with E-state index in [4.69, 9.17) is 19.9 Å². The van der Waals surface area contributed by atoms with Crippen LogP contribution < -0.4 is 11.3 Å². The number of aromatic nitrogens is 4. The van der Waals surface area contributed by atoms with E-state index in [0.29, 0.717) is 25.7 Å². The Bertz CT molecular complexity index is 839. The van der Waals surface area contributed by atoms with Gasteiger partial charge in [0, 0.05) is 12.8 Å². The van der Waals surface area contributed by atoms with Gasteiger partial charge in [-0.25, -0.2) is 4.98 Å². The molecule has 2 rings (SSSR count). The Balaban J connectivity index is 2.03. The van der Waals surface area contributed by atoms with E-state index < -0.39 is 11.7 Å². The first kappa shape index (κ1) is 21.4. The summed E-state index contributed by atoms with van der Waals surface area (Å²) < 4.78 is 17.5. The first-order valence-corrected chi connectivity index (χ1v) is 9.08. The zero-order valence-corrected chi connectivity index (χ0v) is 16.0. The molecule has 0 bridgehead atoms. The van der Waals surface area contributed by atoms with Gasteiger partial charge in [0.2, 0.25) is 5.95 Å². The van der Waals surface area contributed by atoms with E-state index in [1.54, 1.807) is 0 Å². The van der Waals surface area contributed by atoms with E-state index in [-0.39, 0.29) is 49.0 Å². The summed E-state index contributed by atoms with van der Waals surface area (Å²) in [5.41, 5.74) is 5.48. The van der Waals surface area contributed by atoms with Crippen LogP contribution in [0, 0.1) is 0 Å².